The van der Waals surface area contributed by atoms with Crippen LogP contribution in [0.25, 0.3) is 0 Å². The van der Waals surface area contributed by atoms with Gasteiger partial charge >= 0.3 is 233 Å². The van der Waals surface area contributed by atoms with Gasteiger partial charge in [-0.25, -0.2) is 0 Å². The van der Waals surface area contributed by atoms with E-state index in [1.165, 1.54) is 108 Å². The van der Waals surface area contributed by atoms with Crippen LogP contribution in [-0.2, 0) is 12.3 Å². The molecule has 0 saturated carbocycles. The summed E-state index contributed by atoms with van der Waals surface area (Å²) in [5.41, 5.74) is 0.260. The van der Waals surface area contributed by atoms with Gasteiger partial charge in [0.2, 0.25) is 0 Å². The summed E-state index contributed by atoms with van der Waals surface area (Å²) in [5.74, 6) is -2.72. The summed E-state index contributed by atoms with van der Waals surface area (Å²) in [6.07, 6.45) is 21.5. The normalized spacial score (nSPS) is 13.5. The first kappa shape index (κ1) is 34.8. The van der Waals surface area contributed by atoms with Gasteiger partial charge in [0.1, 0.15) is 0 Å². The van der Waals surface area contributed by atoms with Crippen molar-refractivity contribution in [2.45, 2.75) is 149 Å². The topological polar surface area (TPSA) is 0 Å². The van der Waals surface area contributed by atoms with E-state index < -0.39 is 17.7 Å². The van der Waals surface area contributed by atoms with E-state index in [4.69, 9.17) is 11.2 Å². The summed E-state index contributed by atoms with van der Waals surface area (Å²) >= 11 is 7.97. The number of hydrogen-bond acceptors (Lipinski definition) is 0. The molecule has 0 heterocycles. The summed E-state index contributed by atoms with van der Waals surface area (Å²) in [6.45, 7) is 6.71. The molecule has 0 spiro atoms. The fourth-order valence-corrected chi connectivity index (χ4v) is 12.5. The second-order valence-electron chi connectivity index (χ2n) is 11.7. The summed E-state index contributed by atoms with van der Waals surface area (Å²) in [5, 5.41) is 0. The van der Waals surface area contributed by atoms with Gasteiger partial charge in [0.15, 0.2) is 0 Å². The molecule has 0 fully saturated rings. The van der Waals surface area contributed by atoms with Crippen molar-refractivity contribution >= 4 is 17.2 Å². The minimum atomic E-state index is -4.31. The van der Waals surface area contributed by atoms with Crippen LogP contribution in [0.1, 0.15) is 147 Å². The Bertz CT molecular complexity index is 660. The van der Waals surface area contributed by atoms with E-state index in [0.29, 0.717) is 6.16 Å². The molecular formula is C32H57ClF3P. The van der Waals surface area contributed by atoms with Crippen molar-refractivity contribution in [3.8, 4) is 0 Å². The van der Waals surface area contributed by atoms with Crippen LogP contribution in [0.2, 0.25) is 0 Å². The molecule has 0 bridgehead atoms. The average molecular weight is 565 g/mol. The maximum atomic E-state index is 13.5. The molecular weight excluding hydrogens is 508 g/mol. The van der Waals surface area contributed by atoms with Gasteiger partial charge in [0.25, 0.3) is 0 Å². The van der Waals surface area contributed by atoms with Crippen molar-refractivity contribution in [1.82, 2.24) is 0 Å². The van der Waals surface area contributed by atoms with Crippen LogP contribution in [0.15, 0.2) is 24.3 Å². The fourth-order valence-electron chi connectivity index (χ4n) is 5.74. The van der Waals surface area contributed by atoms with Gasteiger partial charge in [-0.05, 0) is 0 Å². The van der Waals surface area contributed by atoms with Gasteiger partial charge in [0, 0.05) is 0 Å². The Labute approximate surface area is 232 Å². The van der Waals surface area contributed by atoms with Crippen LogP contribution in [0.5, 0.6) is 0 Å². The van der Waals surface area contributed by atoms with Crippen LogP contribution in [-0.4, -0.2) is 18.5 Å². The average Bonchev–Trinajstić information content (AvgIpc) is 2.86. The molecule has 0 radical (unpaired) electrons. The molecule has 1 aromatic carbocycles. The van der Waals surface area contributed by atoms with E-state index in [1.54, 1.807) is 6.07 Å². The molecule has 1 rings (SSSR count). The molecule has 37 heavy (non-hydrogen) atoms. The fraction of sp³-hybridized carbons (Fsp3) is 0.812. The number of halogens is 4. The predicted octanol–water partition coefficient (Wildman–Crippen LogP) is 13.0. The third-order valence-corrected chi connectivity index (χ3v) is 15.4. The number of rotatable bonds is 23. The van der Waals surface area contributed by atoms with Crippen molar-refractivity contribution in [2.75, 3.05) is 18.5 Å². The number of hydrogen-bond donors (Lipinski definition) is 0. The zero-order valence-corrected chi connectivity index (χ0v) is 26.0. The van der Waals surface area contributed by atoms with Crippen LogP contribution < -0.4 is 0 Å². The Hall–Kier alpha value is -0.270. The van der Waals surface area contributed by atoms with Crippen molar-refractivity contribution in [3.05, 3.63) is 35.4 Å². The van der Waals surface area contributed by atoms with E-state index in [1.807, 2.05) is 6.07 Å². The van der Waals surface area contributed by atoms with Gasteiger partial charge in [-0.15, -0.1) is 0 Å². The molecule has 0 aromatic heterocycles. The van der Waals surface area contributed by atoms with Crippen LogP contribution in [0, 0.1) is 0 Å². The minimum absolute atomic E-state index is 0.537. The van der Waals surface area contributed by atoms with Gasteiger partial charge in [-0.2, -0.15) is 0 Å². The summed E-state index contributed by atoms with van der Waals surface area (Å²) in [4.78, 5) is 0. The molecule has 0 N–H and O–H groups in total. The van der Waals surface area contributed by atoms with Crippen molar-refractivity contribution in [2.24, 2.45) is 0 Å². The zero-order chi connectivity index (χ0) is 27.5. The van der Waals surface area contributed by atoms with Gasteiger partial charge < -0.3 is 0 Å². The molecule has 0 atom stereocenters. The second-order valence-corrected chi connectivity index (χ2v) is 19.8. The molecule has 218 valence electrons. The third-order valence-electron chi connectivity index (χ3n) is 8.04. The van der Waals surface area contributed by atoms with E-state index in [-0.39, 0.29) is 0 Å². The van der Waals surface area contributed by atoms with Crippen LogP contribution in [0.4, 0.5) is 13.2 Å². The number of benzene rings is 1. The maximum absolute atomic E-state index is 13.5. The molecule has 0 amide bonds. The quantitative estimate of drug-likeness (QED) is 0.0915. The van der Waals surface area contributed by atoms with E-state index in [0.717, 1.165) is 43.3 Å². The Balaban J connectivity index is 3.09. The van der Waals surface area contributed by atoms with Crippen molar-refractivity contribution in [1.29, 1.82) is 0 Å². The third kappa shape index (κ3) is 15.2. The first-order valence-electron chi connectivity index (χ1n) is 15.5. The molecule has 0 aliphatic carbocycles. The second kappa shape index (κ2) is 18.9. The summed E-state index contributed by atoms with van der Waals surface area (Å²) in [6, 6.07) is 6.05. The van der Waals surface area contributed by atoms with Crippen LogP contribution >= 0.6 is 17.2 Å². The number of alkyl halides is 3. The molecule has 1 aromatic rings. The van der Waals surface area contributed by atoms with Gasteiger partial charge in [0.05, 0.1) is 0 Å². The molecule has 5 heteroatoms. The summed E-state index contributed by atoms with van der Waals surface area (Å²) in [7, 11) is 0. The predicted molar refractivity (Wildman–Crippen MR) is 163 cm³/mol. The SMILES string of the molecule is CCCCCCCCP(Cl)(CCCCCCCC)(CCCCCCCC)Cc1cccc(C(F)(F)F)c1. The molecule has 0 nitrogen and oxygen atoms in total. The Morgan fingerprint density at radius 1 is 0.595 bits per heavy atom. The first-order valence-corrected chi connectivity index (χ1v) is 19.4. The zero-order valence-electron chi connectivity index (χ0n) is 24.3. The Kier molecular flexibility index (Phi) is 17.8. The molecule has 0 aliphatic rings. The van der Waals surface area contributed by atoms with E-state index >= 15 is 0 Å². The van der Waals surface area contributed by atoms with Gasteiger partial charge in [-0.1, -0.05) is 0 Å². The van der Waals surface area contributed by atoms with Crippen molar-refractivity contribution < 1.29 is 13.2 Å². The van der Waals surface area contributed by atoms with Crippen LogP contribution in [0.3, 0.4) is 0 Å². The van der Waals surface area contributed by atoms with E-state index in [9.17, 15) is 13.2 Å². The molecule has 0 aliphatic heterocycles. The van der Waals surface area contributed by atoms with Gasteiger partial charge in [-0.3, -0.25) is 0 Å². The van der Waals surface area contributed by atoms with E-state index in [2.05, 4.69) is 20.8 Å². The summed E-state index contributed by atoms with van der Waals surface area (Å²) < 4.78 is 40.6. The monoisotopic (exact) mass is 564 g/mol. The molecule has 0 unspecified atom stereocenters. The van der Waals surface area contributed by atoms with Crippen molar-refractivity contribution in [3.63, 3.8) is 0 Å². The standard InChI is InChI=1S/C32H57ClF3P/c1-4-7-10-13-16-19-25-37(33,26-20-17-14-11-8-5-2,27-21-18-15-12-9-6-3)29-30-23-22-24-31(28-30)32(34,35)36/h22-24,28H,4-21,25-27,29H2,1-3H3. The Morgan fingerprint density at radius 3 is 1.35 bits per heavy atom. The Morgan fingerprint density at radius 2 is 0.973 bits per heavy atom. The first-order chi connectivity index (χ1) is 17.7. The molecule has 0 saturated heterocycles. The number of unbranched alkanes of at least 4 members (excludes halogenated alkanes) is 15.